The summed E-state index contributed by atoms with van der Waals surface area (Å²) in [5.74, 6) is -2.28. The van der Waals surface area contributed by atoms with Gasteiger partial charge in [0.25, 0.3) is 0 Å². The fraction of sp³-hybridized carbons (Fsp3) is 0.846. The maximum Gasteiger partial charge on any atom is 0.306 e. The van der Waals surface area contributed by atoms with Crippen molar-refractivity contribution in [1.82, 2.24) is 5.32 Å². The molecule has 0 spiro atoms. The number of ether oxygens (including phenoxy) is 3. The van der Waals surface area contributed by atoms with E-state index in [0.29, 0.717) is 6.42 Å². The average molecular weight is 307 g/mol. The Morgan fingerprint density at radius 3 is 2.29 bits per heavy atom. The van der Waals surface area contributed by atoms with Gasteiger partial charge in [0.05, 0.1) is 25.7 Å². The summed E-state index contributed by atoms with van der Waals surface area (Å²) in [6.07, 6.45) is -0.00467. The molecule has 0 heterocycles. The molecule has 3 N–H and O–H groups in total. The number of rotatable bonds is 11. The van der Waals surface area contributed by atoms with Crippen LogP contribution in [0.5, 0.6) is 0 Å². The molecule has 0 aliphatic rings. The highest BCUT2D eigenvalue weighted by atomic mass is 16.7. The van der Waals surface area contributed by atoms with Gasteiger partial charge in [-0.05, 0) is 6.42 Å². The second-order valence-electron chi connectivity index (χ2n) is 4.44. The van der Waals surface area contributed by atoms with Gasteiger partial charge in [-0.25, -0.2) is 0 Å². The summed E-state index contributed by atoms with van der Waals surface area (Å²) in [4.78, 5) is 22.5. The maximum atomic E-state index is 11.5. The first-order chi connectivity index (χ1) is 9.96. The fourth-order valence-electron chi connectivity index (χ4n) is 1.44. The van der Waals surface area contributed by atoms with Crippen LogP contribution in [0.2, 0.25) is 0 Å². The zero-order valence-corrected chi connectivity index (χ0v) is 12.8. The van der Waals surface area contributed by atoms with Crippen molar-refractivity contribution < 1.29 is 34.0 Å². The third-order valence-corrected chi connectivity index (χ3v) is 2.96. The van der Waals surface area contributed by atoms with Crippen molar-refractivity contribution in [2.75, 3.05) is 34.0 Å². The van der Waals surface area contributed by atoms with Crippen LogP contribution in [-0.4, -0.2) is 68.0 Å². The van der Waals surface area contributed by atoms with Gasteiger partial charge in [0.15, 0.2) is 0 Å². The van der Waals surface area contributed by atoms with Gasteiger partial charge in [0, 0.05) is 20.6 Å². The molecule has 8 heteroatoms. The van der Waals surface area contributed by atoms with Crippen LogP contribution in [-0.2, 0) is 23.8 Å². The number of carbonyl (C=O) groups is 2. The van der Waals surface area contributed by atoms with E-state index in [9.17, 15) is 19.8 Å². The monoisotopic (exact) mass is 307 g/mol. The SMILES string of the molecule is CC[C@H](COC(=O)CCC(=O)NC)OC(CO)(CO)OC. The van der Waals surface area contributed by atoms with Gasteiger partial charge in [0.1, 0.15) is 6.61 Å². The van der Waals surface area contributed by atoms with Crippen molar-refractivity contribution in [3.05, 3.63) is 0 Å². The van der Waals surface area contributed by atoms with Crippen LogP contribution < -0.4 is 5.32 Å². The van der Waals surface area contributed by atoms with Gasteiger partial charge >= 0.3 is 5.97 Å². The molecule has 8 nitrogen and oxygen atoms in total. The number of methoxy groups -OCH3 is 1. The molecule has 0 saturated heterocycles. The Morgan fingerprint density at radius 1 is 1.24 bits per heavy atom. The van der Waals surface area contributed by atoms with Gasteiger partial charge in [-0.1, -0.05) is 6.92 Å². The van der Waals surface area contributed by atoms with Gasteiger partial charge < -0.3 is 29.7 Å². The number of aliphatic hydroxyl groups excluding tert-OH is 2. The number of hydrogen-bond acceptors (Lipinski definition) is 7. The highest BCUT2D eigenvalue weighted by molar-refractivity contribution is 5.80. The van der Waals surface area contributed by atoms with Crippen LogP contribution in [0.25, 0.3) is 0 Å². The standard InChI is InChI=1S/C13H25NO7/c1-4-10(21-13(8-15,9-16)19-3)7-20-12(18)6-5-11(17)14-2/h10,15-16H,4-9H2,1-3H3,(H,14,17)/t10-/m1/s1. The molecule has 0 radical (unpaired) electrons. The minimum absolute atomic E-state index is 0.0223. The predicted molar refractivity (Wildman–Crippen MR) is 73.3 cm³/mol. The van der Waals surface area contributed by atoms with Crippen LogP contribution in [0.15, 0.2) is 0 Å². The fourth-order valence-corrected chi connectivity index (χ4v) is 1.44. The second-order valence-corrected chi connectivity index (χ2v) is 4.44. The van der Waals surface area contributed by atoms with E-state index in [1.165, 1.54) is 14.2 Å². The summed E-state index contributed by atoms with van der Waals surface area (Å²) in [6, 6.07) is 0. The summed E-state index contributed by atoms with van der Waals surface area (Å²) in [7, 11) is 2.79. The van der Waals surface area contributed by atoms with Crippen molar-refractivity contribution in [1.29, 1.82) is 0 Å². The van der Waals surface area contributed by atoms with Gasteiger partial charge in [0.2, 0.25) is 11.7 Å². The molecule has 0 unspecified atom stereocenters. The molecule has 124 valence electrons. The molecule has 0 aliphatic carbocycles. The molecule has 0 aromatic heterocycles. The highest BCUT2D eigenvalue weighted by Crippen LogP contribution is 2.16. The molecule has 0 bridgehead atoms. The van der Waals surface area contributed by atoms with Crippen molar-refractivity contribution in [2.45, 2.75) is 38.1 Å². The molecule has 1 atom stereocenters. The molecule has 0 rings (SSSR count). The molecular weight excluding hydrogens is 282 g/mol. The first-order valence-corrected chi connectivity index (χ1v) is 6.77. The number of carbonyl (C=O) groups excluding carboxylic acids is 2. The Hall–Kier alpha value is -1.22. The topological polar surface area (TPSA) is 114 Å². The minimum atomic E-state index is -1.52. The first kappa shape index (κ1) is 19.8. The highest BCUT2D eigenvalue weighted by Gasteiger charge is 2.32. The normalized spacial score (nSPS) is 12.8. The van der Waals surface area contributed by atoms with Crippen molar-refractivity contribution in [3.8, 4) is 0 Å². The third kappa shape index (κ3) is 7.37. The van der Waals surface area contributed by atoms with E-state index in [-0.39, 0.29) is 25.4 Å². The van der Waals surface area contributed by atoms with E-state index >= 15 is 0 Å². The second kappa shape index (κ2) is 10.5. The zero-order valence-electron chi connectivity index (χ0n) is 12.8. The van der Waals surface area contributed by atoms with E-state index in [1.54, 1.807) is 6.92 Å². The number of nitrogens with one attached hydrogen (secondary N) is 1. The van der Waals surface area contributed by atoms with Crippen molar-refractivity contribution >= 4 is 11.9 Å². The Kier molecular flexibility index (Phi) is 9.89. The lowest BCUT2D eigenvalue weighted by atomic mass is 10.2. The van der Waals surface area contributed by atoms with E-state index in [0.717, 1.165) is 0 Å². The molecule has 1 amide bonds. The number of amides is 1. The van der Waals surface area contributed by atoms with Gasteiger partial charge in [-0.3, -0.25) is 9.59 Å². The van der Waals surface area contributed by atoms with Crippen LogP contribution in [0.3, 0.4) is 0 Å². The molecule has 21 heavy (non-hydrogen) atoms. The Morgan fingerprint density at radius 2 is 1.86 bits per heavy atom. The lowest BCUT2D eigenvalue weighted by molar-refractivity contribution is -0.282. The molecule has 0 aliphatic heterocycles. The minimum Gasteiger partial charge on any atom is -0.463 e. The molecule has 0 aromatic carbocycles. The molecule has 0 saturated carbocycles. The number of esters is 1. The molecule has 0 aromatic rings. The van der Waals surface area contributed by atoms with E-state index in [2.05, 4.69) is 5.32 Å². The molecule has 0 fully saturated rings. The number of aliphatic hydroxyl groups is 2. The zero-order chi connectivity index (χ0) is 16.3. The summed E-state index contributed by atoms with van der Waals surface area (Å²) in [5, 5.41) is 20.8. The lowest BCUT2D eigenvalue weighted by Crippen LogP contribution is -2.46. The van der Waals surface area contributed by atoms with Gasteiger partial charge in [-0.2, -0.15) is 0 Å². The summed E-state index contributed by atoms with van der Waals surface area (Å²) in [6.45, 7) is 0.703. The first-order valence-electron chi connectivity index (χ1n) is 6.77. The largest absolute Gasteiger partial charge is 0.463 e. The summed E-state index contributed by atoms with van der Waals surface area (Å²) in [5.41, 5.74) is 0. The Balaban J connectivity index is 4.26. The van der Waals surface area contributed by atoms with Crippen LogP contribution in [0.1, 0.15) is 26.2 Å². The summed E-state index contributed by atoms with van der Waals surface area (Å²) < 4.78 is 15.4. The Bertz CT molecular complexity index is 309. The van der Waals surface area contributed by atoms with Crippen molar-refractivity contribution in [2.24, 2.45) is 0 Å². The Labute approximate surface area is 124 Å². The maximum absolute atomic E-state index is 11.5. The van der Waals surface area contributed by atoms with E-state index in [1.807, 2.05) is 0 Å². The van der Waals surface area contributed by atoms with Crippen LogP contribution in [0, 0.1) is 0 Å². The molecular formula is C13H25NO7. The third-order valence-electron chi connectivity index (χ3n) is 2.96. The summed E-state index contributed by atoms with van der Waals surface area (Å²) >= 11 is 0. The number of hydrogen-bond donors (Lipinski definition) is 3. The van der Waals surface area contributed by atoms with Crippen LogP contribution >= 0.6 is 0 Å². The average Bonchev–Trinajstić information content (AvgIpc) is 2.53. The van der Waals surface area contributed by atoms with Crippen LogP contribution in [0.4, 0.5) is 0 Å². The van der Waals surface area contributed by atoms with Gasteiger partial charge in [-0.15, -0.1) is 0 Å². The predicted octanol–water partition coefficient (Wildman–Crippen LogP) is -0.822. The van der Waals surface area contributed by atoms with E-state index in [4.69, 9.17) is 14.2 Å². The van der Waals surface area contributed by atoms with E-state index < -0.39 is 31.1 Å². The lowest BCUT2D eigenvalue weighted by Gasteiger charge is -2.32. The quantitative estimate of drug-likeness (QED) is 0.337. The smallest absolute Gasteiger partial charge is 0.306 e. The van der Waals surface area contributed by atoms with Crippen molar-refractivity contribution in [3.63, 3.8) is 0 Å².